The van der Waals surface area contributed by atoms with Gasteiger partial charge in [0.2, 0.25) is 0 Å². The standard InChI is InChI=1S/C21H43N/c1-2-3-4-5-6-7-8-9-10-11-14-17-20-22-21-18-15-12-13-16-19-21/h21-22H,2-20H2,1H3. The van der Waals surface area contributed by atoms with Crippen LogP contribution in [0.4, 0.5) is 0 Å². The Balaban J connectivity index is 1.72. The molecule has 1 nitrogen and oxygen atoms in total. The highest BCUT2D eigenvalue weighted by atomic mass is 14.9. The van der Waals surface area contributed by atoms with E-state index in [1.807, 2.05) is 0 Å². The van der Waals surface area contributed by atoms with E-state index in [2.05, 4.69) is 12.2 Å². The molecule has 0 radical (unpaired) electrons. The van der Waals surface area contributed by atoms with Crippen LogP contribution in [0.25, 0.3) is 0 Å². The second kappa shape index (κ2) is 15.8. The van der Waals surface area contributed by atoms with Gasteiger partial charge in [-0.2, -0.15) is 0 Å². The molecule has 0 spiro atoms. The van der Waals surface area contributed by atoms with Gasteiger partial charge in [0.05, 0.1) is 0 Å². The molecule has 0 aromatic heterocycles. The third-order valence-electron chi connectivity index (χ3n) is 5.32. The average molecular weight is 310 g/mol. The predicted molar refractivity (Wildman–Crippen MR) is 101 cm³/mol. The molecular formula is C21H43N. The maximum Gasteiger partial charge on any atom is 0.00670 e. The van der Waals surface area contributed by atoms with Gasteiger partial charge in [0.15, 0.2) is 0 Å². The summed E-state index contributed by atoms with van der Waals surface area (Å²) >= 11 is 0. The van der Waals surface area contributed by atoms with Crippen molar-refractivity contribution in [1.82, 2.24) is 5.32 Å². The molecule has 0 saturated heterocycles. The van der Waals surface area contributed by atoms with E-state index in [1.165, 1.54) is 122 Å². The van der Waals surface area contributed by atoms with Crippen molar-refractivity contribution in [3.8, 4) is 0 Å². The molecule has 1 aliphatic rings. The van der Waals surface area contributed by atoms with E-state index in [0.29, 0.717) is 0 Å². The summed E-state index contributed by atoms with van der Waals surface area (Å²) in [5.74, 6) is 0. The predicted octanol–water partition coefficient (Wildman–Crippen LogP) is 7.00. The average Bonchev–Trinajstić information content (AvgIpc) is 2.80. The van der Waals surface area contributed by atoms with E-state index >= 15 is 0 Å². The number of rotatable bonds is 14. The van der Waals surface area contributed by atoms with E-state index < -0.39 is 0 Å². The molecule has 0 unspecified atom stereocenters. The maximum atomic E-state index is 3.80. The smallest absolute Gasteiger partial charge is 0.00670 e. The van der Waals surface area contributed by atoms with Crippen LogP contribution in [0.1, 0.15) is 122 Å². The lowest BCUT2D eigenvalue weighted by Crippen LogP contribution is -2.29. The Morgan fingerprint density at radius 1 is 0.591 bits per heavy atom. The van der Waals surface area contributed by atoms with Crippen LogP contribution in [0.2, 0.25) is 0 Å². The van der Waals surface area contributed by atoms with Crippen molar-refractivity contribution in [3.63, 3.8) is 0 Å². The van der Waals surface area contributed by atoms with E-state index in [9.17, 15) is 0 Å². The van der Waals surface area contributed by atoms with E-state index in [0.717, 1.165) is 6.04 Å². The van der Waals surface area contributed by atoms with Crippen molar-refractivity contribution in [1.29, 1.82) is 0 Å². The first-order valence-electron chi connectivity index (χ1n) is 10.7. The van der Waals surface area contributed by atoms with Crippen LogP contribution < -0.4 is 5.32 Å². The Morgan fingerprint density at radius 3 is 1.55 bits per heavy atom. The number of hydrogen-bond acceptors (Lipinski definition) is 1. The molecule has 132 valence electrons. The molecule has 0 amide bonds. The van der Waals surface area contributed by atoms with E-state index in [-0.39, 0.29) is 0 Å². The van der Waals surface area contributed by atoms with Gasteiger partial charge in [-0.3, -0.25) is 0 Å². The first kappa shape index (κ1) is 20.0. The molecule has 0 aromatic carbocycles. The van der Waals surface area contributed by atoms with Gasteiger partial charge in [0.25, 0.3) is 0 Å². The normalized spacial score (nSPS) is 16.8. The highest BCUT2D eigenvalue weighted by molar-refractivity contribution is 4.70. The molecule has 1 heteroatoms. The summed E-state index contributed by atoms with van der Waals surface area (Å²) in [5, 5.41) is 3.80. The largest absolute Gasteiger partial charge is 0.314 e. The molecule has 1 saturated carbocycles. The third kappa shape index (κ3) is 12.5. The molecule has 1 N–H and O–H groups in total. The second-order valence-electron chi connectivity index (χ2n) is 7.53. The molecule has 0 bridgehead atoms. The fraction of sp³-hybridized carbons (Fsp3) is 1.00. The zero-order chi connectivity index (χ0) is 15.7. The summed E-state index contributed by atoms with van der Waals surface area (Å²) in [6.45, 7) is 3.56. The van der Waals surface area contributed by atoms with Crippen LogP contribution in [0.5, 0.6) is 0 Å². The Morgan fingerprint density at radius 2 is 1.05 bits per heavy atom. The Bertz CT molecular complexity index is 206. The lowest BCUT2D eigenvalue weighted by atomic mass is 10.0. The van der Waals surface area contributed by atoms with Gasteiger partial charge >= 0.3 is 0 Å². The second-order valence-corrected chi connectivity index (χ2v) is 7.53. The topological polar surface area (TPSA) is 12.0 Å². The first-order chi connectivity index (χ1) is 10.9. The number of unbranched alkanes of at least 4 members (excludes halogenated alkanes) is 11. The molecule has 0 heterocycles. The fourth-order valence-electron chi connectivity index (χ4n) is 3.76. The van der Waals surface area contributed by atoms with Crippen molar-refractivity contribution in [2.75, 3.05) is 6.54 Å². The van der Waals surface area contributed by atoms with Gasteiger partial charge in [-0.05, 0) is 25.8 Å². The van der Waals surface area contributed by atoms with Crippen molar-refractivity contribution < 1.29 is 0 Å². The molecule has 22 heavy (non-hydrogen) atoms. The van der Waals surface area contributed by atoms with Gasteiger partial charge in [-0.15, -0.1) is 0 Å². The lowest BCUT2D eigenvalue weighted by Gasteiger charge is -2.15. The van der Waals surface area contributed by atoms with Crippen molar-refractivity contribution in [2.24, 2.45) is 0 Å². The molecule has 1 fully saturated rings. The SMILES string of the molecule is CCCCCCCCCCCCCCNC1CCCCCC1. The van der Waals surface area contributed by atoms with Gasteiger partial charge in [-0.1, -0.05) is 103 Å². The van der Waals surface area contributed by atoms with Crippen LogP contribution in [-0.4, -0.2) is 12.6 Å². The summed E-state index contributed by atoms with van der Waals surface area (Å²) in [7, 11) is 0. The Hall–Kier alpha value is -0.0400. The zero-order valence-electron chi connectivity index (χ0n) is 15.5. The van der Waals surface area contributed by atoms with Crippen LogP contribution in [0.3, 0.4) is 0 Å². The third-order valence-corrected chi connectivity index (χ3v) is 5.32. The number of nitrogens with one attached hydrogen (secondary N) is 1. The van der Waals surface area contributed by atoms with Crippen LogP contribution in [-0.2, 0) is 0 Å². The molecule has 1 rings (SSSR count). The molecule has 1 aliphatic carbocycles. The summed E-state index contributed by atoms with van der Waals surface area (Å²) < 4.78 is 0. The van der Waals surface area contributed by atoms with Crippen LogP contribution in [0, 0.1) is 0 Å². The van der Waals surface area contributed by atoms with Gasteiger partial charge < -0.3 is 5.32 Å². The molecule has 0 atom stereocenters. The quantitative estimate of drug-likeness (QED) is 0.269. The van der Waals surface area contributed by atoms with Crippen LogP contribution in [0.15, 0.2) is 0 Å². The minimum Gasteiger partial charge on any atom is -0.314 e. The summed E-state index contributed by atoms with van der Waals surface area (Å²) in [4.78, 5) is 0. The Labute approximate surface area is 141 Å². The number of hydrogen-bond donors (Lipinski definition) is 1. The first-order valence-corrected chi connectivity index (χ1v) is 10.7. The fourth-order valence-corrected chi connectivity index (χ4v) is 3.76. The van der Waals surface area contributed by atoms with Crippen molar-refractivity contribution in [3.05, 3.63) is 0 Å². The van der Waals surface area contributed by atoms with Gasteiger partial charge in [-0.25, -0.2) is 0 Å². The summed E-state index contributed by atoms with van der Waals surface area (Å²) in [6, 6.07) is 0.843. The van der Waals surface area contributed by atoms with E-state index in [1.54, 1.807) is 0 Å². The minimum atomic E-state index is 0.843. The lowest BCUT2D eigenvalue weighted by molar-refractivity contribution is 0.446. The highest BCUT2D eigenvalue weighted by Gasteiger charge is 2.10. The highest BCUT2D eigenvalue weighted by Crippen LogP contribution is 2.17. The van der Waals surface area contributed by atoms with Gasteiger partial charge in [0.1, 0.15) is 0 Å². The van der Waals surface area contributed by atoms with Crippen LogP contribution >= 0.6 is 0 Å². The Kier molecular flexibility index (Phi) is 14.4. The zero-order valence-corrected chi connectivity index (χ0v) is 15.5. The molecule has 0 aliphatic heterocycles. The van der Waals surface area contributed by atoms with E-state index in [4.69, 9.17) is 0 Å². The minimum absolute atomic E-state index is 0.843. The monoisotopic (exact) mass is 309 g/mol. The summed E-state index contributed by atoms with van der Waals surface area (Å²) in [6.07, 6.45) is 26.1. The molecule has 0 aromatic rings. The molecular weight excluding hydrogens is 266 g/mol. The summed E-state index contributed by atoms with van der Waals surface area (Å²) in [5.41, 5.74) is 0. The van der Waals surface area contributed by atoms with Crippen molar-refractivity contribution in [2.45, 2.75) is 129 Å². The maximum absolute atomic E-state index is 3.80. The van der Waals surface area contributed by atoms with Crippen molar-refractivity contribution >= 4 is 0 Å². The van der Waals surface area contributed by atoms with Gasteiger partial charge in [0, 0.05) is 6.04 Å².